The van der Waals surface area contributed by atoms with Crippen molar-refractivity contribution >= 4 is 11.3 Å². The van der Waals surface area contributed by atoms with Crippen LogP contribution in [0, 0.1) is 11.3 Å². The number of pyridine rings is 1. The van der Waals surface area contributed by atoms with Gasteiger partial charge in [0.05, 0.1) is 0 Å². The molecule has 0 amide bonds. The predicted molar refractivity (Wildman–Crippen MR) is 63.8 cm³/mol. The summed E-state index contributed by atoms with van der Waals surface area (Å²) < 4.78 is 0. The smallest absolute Gasteiger partial charge is 0.140 e. The van der Waals surface area contributed by atoms with Crippen molar-refractivity contribution in [2.75, 3.05) is 0 Å². The zero-order valence-electron chi connectivity index (χ0n) is 8.68. The van der Waals surface area contributed by atoms with Crippen LogP contribution in [-0.4, -0.2) is 4.98 Å². The predicted octanol–water partition coefficient (Wildman–Crippen LogP) is 2.30. The van der Waals surface area contributed by atoms with Crippen LogP contribution in [-0.2, 0) is 13.1 Å². The maximum absolute atomic E-state index is 8.71. The molecule has 2 heterocycles. The van der Waals surface area contributed by atoms with Gasteiger partial charge in [-0.15, -0.1) is 11.3 Å². The molecule has 2 aromatic heterocycles. The maximum Gasteiger partial charge on any atom is 0.140 e. The van der Waals surface area contributed by atoms with E-state index in [0.29, 0.717) is 5.69 Å². The Labute approximate surface area is 98.4 Å². The molecule has 0 aliphatic heterocycles. The van der Waals surface area contributed by atoms with Gasteiger partial charge < -0.3 is 5.32 Å². The van der Waals surface area contributed by atoms with Gasteiger partial charge in [-0.05, 0) is 29.1 Å². The lowest BCUT2D eigenvalue weighted by atomic mass is 10.2. The molecular weight excluding hydrogens is 218 g/mol. The Kier molecular flexibility index (Phi) is 3.65. The summed E-state index contributed by atoms with van der Waals surface area (Å²) in [4.78, 5) is 5.24. The Balaban J connectivity index is 1.88. The van der Waals surface area contributed by atoms with Crippen molar-refractivity contribution in [1.82, 2.24) is 10.3 Å². The van der Waals surface area contributed by atoms with E-state index in [-0.39, 0.29) is 0 Å². The molecule has 0 spiro atoms. The Hall–Kier alpha value is -1.70. The number of hydrogen-bond acceptors (Lipinski definition) is 4. The summed E-state index contributed by atoms with van der Waals surface area (Å²) >= 11 is 1.74. The first-order valence-electron chi connectivity index (χ1n) is 4.96. The molecule has 0 unspecified atom stereocenters. The van der Waals surface area contributed by atoms with Gasteiger partial charge in [0.2, 0.25) is 0 Å². The number of rotatable bonds is 4. The van der Waals surface area contributed by atoms with Gasteiger partial charge in [-0.1, -0.05) is 6.07 Å². The van der Waals surface area contributed by atoms with Gasteiger partial charge in [0.1, 0.15) is 11.8 Å². The van der Waals surface area contributed by atoms with Gasteiger partial charge >= 0.3 is 0 Å². The van der Waals surface area contributed by atoms with Crippen LogP contribution in [0.1, 0.15) is 16.1 Å². The summed E-state index contributed by atoms with van der Waals surface area (Å²) in [5.41, 5.74) is 1.55. The number of nitrogens with zero attached hydrogens (tertiary/aromatic N) is 2. The SMILES string of the molecule is N#Cc1cc(CNCc2cccs2)ccn1. The lowest BCUT2D eigenvalue weighted by molar-refractivity contribution is 0.700. The Bertz CT molecular complexity index is 485. The van der Waals surface area contributed by atoms with Gasteiger partial charge in [-0.25, -0.2) is 4.98 Å². The van der Waals surface area contributed by atoms with E-state index >= 15 is 0 Å². The molecule has 0 aromatic carbocycles. The average Bonchev–Trinajstić information content (AvgIpc) is 2.82. The fourth-order valence-corrected chi connectivity index (χ4v) is 2.06. The minimum atomic E-state index is 0.468. The van der Waals surface area contributed by atoms with Crippen LogP contribution in [0.3, 0.4) is 0 Å². The molecule has 80 valence electrons. The third-order valence-corrected chi connectivity index (χ3v) is 3.02. The number of nitrogens with one attached hydrogen (secondary N) is 1. The molecule has 2 rings (SSSR count). The second-order valence-corrected chi connectivity index (χ2v) is 4.38. The van der Waals surface area contributed by atoms with Gasteiger partial charge in [-0.2, -0.15) is 5.26 Å². The second kappa shape index (κ2) is 5.40. The largest absolute Gasteiger partial charge is 0.308 e. The van der Waals surface area contributed by atoms with Crippen LogP contribution in [0.5, 0.6) is 0 Å². The summed E-state index contributed by atoms with van der Waals surface area (Å²) in [6.45, 7) is 1.62. The van der Waals surface area contributed by atoms with Gasteiger partial charge in [0.15, 0.2) is 0 Å². The molecule has 0 saturated heterocycles. The first-order chi connectivity index (χ1) is 7.88. The van der Waals surface area contributed by atoms with E-state index in [1.807, 2.05) is 18.2 Å². The monoisotopic (exact) mass is 229 g/mol. The Morgan fingerprint density at radius 2 is 2.31 bits per heavy atom. The summed E-state index contributed by atoms with van der Waals surface area (Å²) in [6.07, 6.45) is 1.67. The first-order valence-corrected chi connectivity index (χ1v) is 5.84. The normalized spacial score (nSPS) is 9.94. The Morgan fingerprint density at radius 3 is 3.06 bits per heavy atom. The van der Waals surface area contributed by atoms with Gasteiger partial charge in [0.25, 0.3) is 0 Å². The molecule has 0 fully saturated rings. The van der Waals surface area contributed by atoms with E-state index in [9.17, 15) is 0 Å². The number of aromatic nitrogens is 1. The van der Waals surface area contributed by atoms with E-state index in [1.165, 1.54) is 4.88 Å². The van der Waals surface area contributed by atoms with E-state index in [1.54, 1.807) is 23.6 Å². The molecule has 16 heavy (non-hydrogen) atoms. The van der Waals surface area contributed by atoms with Crippen LogP contribution < -0.4 is 5.32 Å². The second-order valence-electron chi connectivity index (χ2n) is 3.34. The van der Waals surface area contributed by atoms with E-state index in [4.69, 9.17) is 5.26 Å². The Morgan fingerprint density at radius 1 is 1.38 bits per heavy atom. The third kappa shape index (κ3) is 2.89. The topological polar surface area (TPSA) is 48.7 Å². The molecule has 0 aliphatic rings. The van der Waals surface area contributed by atoms with Crippen molar-refractivity contribution in [1.29, 1.82) is 5.26 Å². The molecule has 3 nitrogen and oxygen atoms in total. The van der Waals surface area contributed by atoms with Gasteiger partial charge in [-0.3, -0.25) is 0 Å². The molecule has 2 aromatic rings. The van der Waals surface area contributed by atoms with Gasteiger partial charge in [0, 0.05) is 24.2 Å². The zero-order chi connectivity index (χ0) is 11.2. The molecule has 0 saturated carbocycles. The maximum atomic E-state index is 8.71. The standard InChI is InChI=1S/C12H11N3S/c13-7-11-6-10(3-4-15-11)8-14-9-12-2-1-5-16-12/h1-6,14H,8-9H2. The summed E-state index contributed by atoms with van der Waals surface area (Å²) in [6, 6.07) is 9.91. The molecule has 0 atom stereocenters. The van der Waals surface area contributed by atoms with Crippen LogP contribution in [0.4, 0.5) is 0 Å². The fraction of sp³-hybridized carbons (Fsp3) is 0.167. The highest BCUT2D eigenvalue weighted by molar-refractivity contribution is 7.09. The molecule has 1 N–H and O–H groups in total. The highest BCUT2D eigenvalue weighted by Gasteiger charge is 1.97. The lowest BCUT2D eigenvalue weighted by Crippen LogP contribution is -2.11. The minimum Gasteiger partial charge on any atom is -0.308 e. The van der Waals surface area contributed by atoms with Crippen molar-refractivity contribution in [3.63, 3.8) is 0 Å². The van der Waals surface area contributed by atoms with E-state index < -0.39 is 0 Å². The number of thiophene rings is 1. The van der Waals surface area contributed by atoms with Crippen molar-refractivity contribution in [2.45, 2.75) is 13.1 Å². The quantitative estimate of drug-likeness (QED) is 0.875. The lowest BCUT2D eigenvalue weighted by Gasteiger charge is -2.03. The van der Waals surface area contributed by atoms with Crippen molar-refractivity contribution < 1.29 is 0 Å². The minimum absolute atomic E-state index is 0.468. The highest BCUT2D eigenvalue weighted by Crippen LogP contribution is 2.08. The molecular formula is C12H11N3S. The molecule has 4 heteroatoms. The number of hydrogen-bond donors (Lipinski definition) is 1. The van der Waals surface area contributed by atoms with Crippen molar-refractivity contribution in [3.05, 3.63) is 52.0 Å². The van der Waals surface area contributed by atoms with Crippen LogP contribution >= 0.6 is 11.3 Å². The highest BCUT2D eigenvalue weighted by atomic mass is 32.1. The fourth-order valence-electron chi connectivity index (χ4n) is 1.39. The first kappa shape index (κ1) is 10.8. The average molecular weight is 229 g/mol. The molecule has 0 aliphatic carbocycles. The summed E-state index contributed by atoms with van der Waals surface area (Å²) in [7, 11) is 0. The zero-order valence-corrected chi connectivity index (χ0v) is 9.50. The van der Waals surface area contributed by atoms with Crippen molar-refractivity contribution in [3.8, 4) is 6.07 Å². The van der Waals surface area contributed by atoms with E-state index in [0.717, 1.165) is 18.7 Å². The van der Waals surface area contributed by atoms with Crippen LogP contribution in [0.2, 0.25) is 0 Å². The number of nitriles is 1. The van der Waals surface area contributed by atoms with Crippen molar-refractivity contribution in [2.24, 2.45) is 0 Å². The summed E-state index contributed by atoms with van der Waals surface area (Å²) in [5.74, 6) is 0. The molecule has 0 bridgehead atoms. The third-order valence-electron chi connectivity index (χ3n) is 2.15. The molecule has 0 radical (unpaired) electrons. The van der Waals surface area contributed by atoms with E-state index in [2.05, 4.69) is 21.7 Å². The van der Waals surface area contributed by atoms with Crippen LogP contribution in [0.15, 0.2) is 35.8 Å². The van der Waals surface area contributed by atoms with Crippen LogP contribution in [0.25, 0.3) is 0 Å². The summed E-state index contributed by atoms with van der Waals surface area (Å²) in [5, 5.41) is 14.1.